The Hall–Kier alpha value is -2.25. The first-order valence-electron chi connectivity index (χ1n) is 7.64. The molecule has 1 aromatic rings. The summed E-state index contributed by atoms with van der Waals surface area (Å²) in [6.45, 7) is 5.40. The second-order valence-corrected chi connectivity index (χ2v) is 5.56. The molecule has 0 aliphatic heterocycles. The van der Waals surface area contributed by atoms with Gasteiger partial charge in [0.25, 0.3) is 0 Å². The maximum absolute atomic E-state index is 12.5. The van der Waals surface area contributed by atoms with Crippen molar-refractivity contribution in [3.05, 3.63) is 35.4 Å². The highest BCUT2D eigenvalue weighted by Crippen LogP contribution is 2.28. The van der Waals surface area contributed by atoms with Crippen LogP contribution in [-0.2, 0) is 17.5 Å². The highest BCUT2D eigenvalue weighted by Gasteiger charge is 2.29. The van der Waals surface area contributed by atoms with Gasteiger partial charge in [0.1, 0.15) is 6.04 Å². The second-order valence-electron chi connectivity index (χ2n) is 5.56. The molecular formula is C16H22F3N3O2. The van der Waals surface area contributed by atoms with E-state index >= 15 is 0 Å². The fourth-order valence-electron chi connectivity index (χ4n) is 1.78. The Morgan fingerprint density at radius 1 is 1.08 bits per heavy atom. The maximum atomic E-state index is 12.5. The van der Waals surface area contributed by atoms with Crippen LogP contribution in [0, 0.1) is 0 Å². The number of carbonyl (C=O) groups is 2. The predicted molar refractivity (Wildman–Crippen MR) is 84.2 cm³/mol. The van der Waals surface area contributed by atoms with E-state index in [1.54, 1.807) is 6.92 Å². The average Bonchev–Trinajstić information content (AvgIpc) is 2.52. The number of amides is 3. The van der Waals surface area contributed by atoms with E-state index in [1.165, 1.54) is 12.1 Å². The Morgan fingerprint density at radius 2 is 1.67 bits per heavy atom. The molecule has 134 valence electrons. The molecule has 3 amide bonds. The number of alkyl halides is 3. The molecule has 0 saturated carbocycles. The fraction of sp³-hybridized carbons (Fsp3) is 0.500. The van der Waals surface area contributed by atoms with Gasteiger partial charge in [0, 0.05) is 12.6 Å². The highest BCUT2D eigenvalue weighted by molar-refractivity contribution is 5.86. The Kier molecular flexibility index (Phi) is 7.06. The van der Waals surface area contributed by atoms with Crippen LogP contribution in [0.1, 0.15) is 38.3 Å². The third-order valence-electron chi connectivity index (χ3n) is 3.48. The lowest BCUT2D eigenvalue weighted by Crippen LogP contribution is -2.49. The third-order valence-corrected chi connectivity index (χ3v) is 3.48. The molecule has 0 heterocycles. The van der Waals surface area contributed by atoms with E-state index in [9.17, 15) is 22.8 Å². The van der Waals surface area contributed by atoms with Crippen LogP contribution in [0.5, 0.6) is 0 Å². The number of urea groups is 1. The Balaban J connectivity index is 2.44. The first-order chi connectivity index (χ1) is 11.1. The topological polar surface area (TPSA) is 70.2 Å². The number of halogens is 3. The summed E-state index contributed by atoms with van der Waals surface area (Å²) < 4.78 is 37.4. The number of carbonyl (C=O) groups excluding carboxylic acids is 2. The summed E-state index contributed by atoms with van der Waals surface area (Å²) in [5.74, 6) is -0.297. The van der Waals surface area contributed by atoms with Gasteiger partial charge in [0.05, 0.1) is 5.56 Å². The van der Waals surface area contributed by atoms with E-state index in [0.717, 1.165) is 18.6 Å². The van der Waals surface area contributed by atoms with Crippen molar-refractivity contribution in [3.8, 4) is 0 Å². The van der Waals surface area contributed by atoms with E-state index in [0.29, 0.717) is 5.56 Å². The number of hydrogen-bond acceptors (Lipinski definition) is 2. The van der Waals surface area contributed by atoms with Crippen LogP contribution in [0.4, 0.5) is 18.0 Å². The van der Waals surface area contributed by atoms with E-state index in [-0.39, 0.29) is 18.5 Å². The van der Waals surface area contributed by atoms with Crippen LogP contribution < -0.4 is 16.0 Å². The van der Waals surface area contributed by atoms with Crippen LogP contribution in [0.15, 0.2) is 24.3 Å². The molecule has 0 aromatic heterocycles. The van der Waals surface area contributed by atoms with Crippen LogP contribution in [0.2, 0.25) is 0 Å². The molecule has 2 unspecified atom stereocenters. The lowest BCUT2D eigenvalue weighted by Gasteiger charge is -2.17. The first-order valence-corrected chi connectivity index (χ1v) is 7.64. The zero-order valence-corrected chi connectivity index (χ0v) is 13.8. The minimum Gasteiger partial charge on any atom is -0.352 e. The second kappa shape index (κ2) is 8.56. The molecule has 0 saturated heterocycles. The van der Waals surface area contributed by atoms with E-state index in [4.69, 9.17) is 0 Å². The third kappa shape index (κ3) is 6.47. The van der Waals surface area contributed by atoms with Gasteiger partial charge in [-0.25, -0.2) is 4.79 Å². The van der Waals surface area contributed by atoms with Gasteiger partial charge in [0.15, 0.2) is 0 Å². The summed E-state index contributed by atoms with van der Waals surface area (Å²) in [5.41, 5.74) is -0.221. The van der Waals surface area contributed by atoms with Crippen molar-refractivity contribution in [1.29, 1.82) is 0 Å². The van der Waals surface area contributed by atoms with Crippen molar-refractivity contribution >= 4 is 11.9 Å². The normalized spacial score (nSPS) is 13.8. The molecular weight excluding hydrogens is 323 g/mol. The van der Waals surface area contributed by atoms with Gasteiger partial charge in [-0.15, -0.1) is 0 Å². The molecule has 3 N–H and O–H groups in total. The van der Waals surface area contributed by atoms with Crippen molar-refractivity contribution in [2.75, 3.05) is 0 Å². The lowest BCUT2D eigenvalue weighted by molar-refractivity contribution is -0.137. The standard InChI is InChI=1S/C16H22F3N3O2/c1-4-10(2)21-14(23)11(3)22-15(24)20-9-12-5-7-13(8-6-12)16(17,18)19/h5-8,10-11H,4,9H2,1-3H3,(H,21,23)(H2,20,22,24). The Labute approximate surface area is 139 Å². The van der Waals surface area contributed by atoms with Crippen molar-refractivity contribution in [2.45, 2.75) is 52.0 Å². The summed E-state index contributed by atoms with van der Waals surface area (Å²) >= 11 is 0. The van der Waals surface area contributed by atoms with Crippen molar-refractivity contribution in [2.24, 2.45) is 0 Å². The van der Waals surface area contributed by atoms with Gasteiger partial charge in [-0.3, -0.25) is 4.79 Å². The molecule has 5 nitrogen and oxygen atoms in total. The van der Waals surface area contributed by atoms with Gasteiger partial charge in [-0.2, -0.15) is 13.2 Å². The fourth-order valence-corrected chi connectivity index (χ4v) is 1.78. The lowest BCUT2D eigenvalue weighted by atomic mass is 10.1. The Morgan fingerprint density at radius 3 is 2.17 bits per heavy atom. The van der Waals surface area contributed by atoms with Gasteiger partial charge >= 0.3 is 12.2 Å². The molecule has 0 aliphatic rings. The molecule has 8 heteroatoms. The minimum absolute atomic E-state index is 0.0111. The smallest absolute Gasteiger partial charge is 0.352 e. The van der Waals surface area contributed by atoms with Crippen LogP contribution in [0.25, 0.3) is 0 Å². The molecule has 0 radical (unpaired) electrons. The van der Waals surface area contributed by atoms with Gasteiger partial charge in [-0.1, -0.05) is 19.1 Å². The van der Waals surface area contributed by atoms with Crippen molar-refractivity contribution in [1.82, 2.24) is 16.0 Å². The van der Waals surface area contributed by atoms with Crippen LogP contribution in [0.3, 0.4) is 0 Å². The monoisotopic (exact) mass is 345 g/mol. The van der Waals surface area contributed by atoms with E-state index in [2.05, 4.69) is 16.0 Å². The summed E-state index contributed by atoms with van der Waals surface area (Å²) in [5, 5.41) is 7.71. The molecule has 2 atom stereocenters. The molecule has 1 rings (SSSR count). The SMILES string of the molecule is CCC(C)NC(=O)C(C)NC(=O)NCc1ccc(C(F)(F)F)cc1. The molecule has 0 bridgehead atoms. The van der Waals surface area contributed by atoms with Crippen LogP contribution in [-0.4, -0.2) is 24.0 Å². The molecule has 0 aliphatic carbocycles. The first kappa shape index (κ1) is 19.8. The zero-order chi connectivity index (χ0) is 18.3. The zero-order valence-electron chi connectivity index (χ0n) is 13.8. The van der Waals surface area contributed by atoms with Crippen molar-refractivity contribution in [3.63, 3.8) is 0 Å². The van der Waals surface area contributed by atoms with Gasteiger partial charge in [0.2, 0.25) is 5.91 Å². The molecule has 1 aromatic carbocycles. The highest BCUT2D eigenvalue weighted by atomic mass is 19.4. The van der Waals surface area contributed by atoms with Crippen molar-refractivity contribution < 1.29 is 22.8 Å². The maximum Gasteiger partial charge on any atom is 0.416 e. The summed E-state index contributed by atoms with van der Waals surface area (Å²) in [7, 11) is 0. The number of rotatable bonds is 6. The molecule has 0 fully saturated rings. The number of nitrogens with one attached hydrogen (secondary N) is 3. The quantitative estimate of drug-likeness (QED) is 0.742. The molecule has 24 heavy (non-hydrogen) atoms. The number of benzene rings is 1. The summed E-state index contributed by atoms with van der Waals surface area (Å²) in [6, 6.07) is 3.23. The minimum atomic E-state index is -4.39. The average molecular weight is 345 g/mol. The largest absolute Gasteiger partial charge is 0.416 e. The summed E-state index contributed by atoms with van der Waals surface area (Å²) in [4.78, 5) is 23.5. The van der Waals surface area contributed by atoms with Gasteiger partial charge in [-0.05, 0) is 38.0 Å². The summed E-state index contributed by atoms with van der Waals surface area (Å²) in [6.07, 6.45) is -3.61. The van der Waals surface area contributed by atoms with Gasteiger partial charge < -0.3 is 16.0 Å². The predicted octanol–water partition coefficient (Wildman–Crippen LogP) is 2.81. The van der Waals surface area contributed by atoms with Crippen LogP contribution >= 0.6 is 0 Å². The molecule has 0 spiro atoms. The Bertz CT molecular complexity index is 559. The van der Waals surface area contributed by atoms with E-state index < -0.39 is 23.8 Å². The van der Waals surface area contributed by atoms with E-state index in [1.807, 2.05) is 13.8 Å². The number of hydrogen-bond donors (Lipinski definition) is 3.